The van der Waals surface area contributed by atoms with Crippen LogP contribution in [0.4, 0.5) is 4.39 Å². The van der Waals surface area contributed by atoms with Crippen LogP contribution in [0.1, 0.15) is 13.8 Å². The van der Waals surface area contributed by atoms with Gasteiger partial charge in [0.25, 0.3) is 0 Å². The van der Waals surface area contributed by atoms with Crippen LogP contribution in [-0.2, 0) is 0 Å². The number of rotatable bonds is 3. The lowest BCUT2D eigenvalue weighted by atomic mass is 10.2. The molecule has 0 saturated heterocycles. The second kappa shape index (κ2) is 4.64. The molecule has 0 radical (unpaired) electrons. The van der Waals surface area contributed by atoms with Crippen LogP contribution in [-0.4, -0.2) is 16.5 Å². The van der Waals surface area contributed by atoms with Gasteiger partial charge in [0.2, 0.25) is 0 Å². The zero-order chi connectivity index (χ0) is 10.8. The van der Waals surface area contributed by atoms with Crippen LogP contribution in [0.5, 0.6) is 0 Å². The molecule has 0 aliphatic carbocycles. The predicted molar refractivity (Wildman–Crippen MR) is 61.1 cm³/mol. The highest BCUT2D eigenvalue weighted by atomic mass is 79.9. The highest BCUT2D eigenvalue weighted by Crippen LogP contribution is 2.26. The van der Waals surface area contributed by atoms with Gasteiger partial charge in [0.05, 0.1) is 10.1 Å². The van der Waals surface area contributed by atoms with Crippen LogP contribution in [0.15, 0.2) is 27.6 Å². The van der Waals surface area contributed by atoms with E-state index in [9.17, 15) is 9.50 Å². The van der Waals surface area contributed by atoms with Gasteiger partial charge in [-0.3, -0.25) is 0 Å². The van der Waals surface area contributed by atoms with Crippen molar-refractivity contribution in [3.63, 3.8) is 0 Å². The normalized spacial score (nSPS) is 11.8. The first-order chi connectivity index (χ1) is 6.38. The van der Waals surface area contributed by atoms with E-state index in [1.165, 1.54) is 17.8 Å². The van der Waals surface area contributed by atoms with Crippen molar-refractivity contribution in [1.82, 2.24) is 0 Å². The lowest BCUT2D eigenvalue weighted by molar-refractivity contribution is 0.107. The largest absolute Gasteiger partial charge is 0.390 e. The van der Waals surface area contributed by atoms with Crippen molar-refractivity contribution in [2.75, 3.05) is 5.75 Å². The average molecular weight is 279 g/mol. The van der Waals surface area contributed by atoms with Crippen molar-refractivity contribution in [2.45, 2.75) is 24.3 Å². The molecular formula is C10H12BrFOS. The molecule has 0 fully saturated rings. The van der Waals surface area contributed by atoms with Crippen molar-refractivity contribution in [1.29, 1.82) is 0 Å². The highest BCUT2D eigenvalue weighted by molar-refractivity contribution is 9.10. The third kappa shape index (κ3) is 3.98. The van der Waals surface area contributed by atoms with Crippen LogP contribution < -0.4 is 0 Å². The summed E-state index contributed by atoms with van der Waals surface area (Å²) in [6.45, 7) is 3.50. The average Bonchev–Trinajstić information content (AvgIpc) is 2.06. The zero-order valence-corrected chi connectivity index (χ0v) is 10.5. The molecule has 0 saturated carbocycles. The Hall–Kier alpha value is -0.0600. The topological polar surface area (TPSA) is 20.2 Å². The predicted octanol–water partition coefficient (Wildman–Crippen LogP) is 3.45. The molecule has 1 nitrogen and oxygen atoms in total. The molecule has 1 aromatic rings. The van der Waals surface area contributed by atoms with E-state index in [0.717, 1.165) is 4.90 Å². The van der Waals surface area contributed by atoms with Crippen LogP contribution in [0.2, 0.25) is 0 Å². The van der Waals surface area contributed by atoms with Crippen molar-refractivity contribution in [2.24, 2.45) is 0 Å². The summed E-state index contributed by atoms with van der Waals surface area (Å²) in [4.78, 5) is 0.945. The number of hydrogen-bond donors (Lipinski definition) is 1. The van der Waals surface area contributed by atoms with Crippen molar-refractivity contribution in [3.8, 4) is 0 Å². The Bertz CT molecular complexity index is 322. The number of benzene rings is 1. The van der Waals surface area contributed by atoms with E-state index in [1.54, 1.807) is 26.0 Å². The fourth-order valence-electron chi connectivity index (χ4n) is 0.827. The van der Waals surface area contributed by atoms with E-state index in [1.807, 2.05) is 0 Å². The maximum absolute atomic E-state index is 12.9. The molecule has 0 bridgehead atoms. The maximum atomic E-state index is 12.9. The molecule has 0 aromatic heterocycles. The van der Waals surface area contributed by atoms with Crippen molar-refractivity contribution < 1.29 is 9.50 Å². The van der Waals surface area contributed by atoms with Gasteiger partial charge in [-0.2, -0.15) is 0 Å². The standard InChI is InChI=1S/C10H12BrFOS/c1-10(2,13)6-14-7-3-4-9(12)8(11)5-7/h3-5,13H,6H2,1-2H3. The molecule has 14 heavy (non-hydrogen) atoms. The monoisotopic (exact) mass is 278 g/mol. The fourth-order valence-corrected chi connectivity index (χ4v) is 2.24. The van der Waals surface area contributed by atoms with E-state index in [4.69, 9.17) is 0 Å². The summed E-state index contributed by atoms with van der Waals surface area (Å²) in [5.74, 6) is 0.322. The van der Waals surface area contributed by atoms with Crippen LogP contribution in [0, 0.1) is 5.82 Å². The Morgan fingerprint density at radius 2 is 2.14 bits per heavy atom. The van der Waals surface area contributed by atoms with Crippen LogP contribution in [0.25, 0.3) is 0 Å². The van der Waals surface area contributed by atoms with Gasteiger partial charge in [-0.1, -0.05) is 0 Å². The molecule has 1 N–H and O–H groups in total. The van der Waals surface area contributed by atoms with Crippen LogP contribution in [0.3, 0.4) is 0 Å². The molecule has 0 aliphatic heterocycles. The summed E-state index contributed by atoms with van der Waals surface area (Å²) in [6, 6.07) is 4.83. The van der Waals surface area contributed by atoms with Gasteiger partial charge in [0.1, 0.15) is 5.82 Å². The summed E-state index contributed by atoms with van der Waals surface area (Å²) in [5.41, 5.74) is -0.703. The SMILES string of the molecule is CC(C)(O)CSc1ccc(F)c(Br)c1. The molecule has 1 aromatic carbocycles. The summed E-state index contributed by atoms with van der Waals surface area (Å²) < 4.78 is 13.3. The van der Waals surface area contributed by atoms with E-state index < -0.39 is 5.60 Å². The Morgan fingerprint density at radius 3 is 2.64 bits per heavy atom. The summed E-state index contributed by atoms with van der Waals surface area (Å²) in [7, 11) is 0. The van der Waals surface area contributed by atoms with E-state index in [-0.39, 0.29) is 5.82 Å². The zero-order valence-electron chi connectivity index (χ0n) is 8.05. The Morgan fingerprint density at radius 1 is 1.50 bits per heavy atom. The second-order valence-corrected chi connectivity index (χ2v) is 5.58. The number of hydrogen-bond acceptors (Lipinski definition) is 2. The molecule has 4 heteroatoms. The Balaban J connectivity index is 2.65. The van der Waals surface area contributed by atoms with Crippen molar-refractivity contribution in [3.05, 3.63) is 28.5 Å². The van der Waals surface area contributed by atoms with Crippen LogP contribution >= 0.6 is 27.7 Å². The lowest BCUT2D eigenvalue weighted by Gasteiger charge is -2.16. The van der Waals surface area contributed by atoms with Gasteiger partial charge in [-0.05, 0) is 48.0 Å². The van der Waals surface area contributed by atoms with E-state index in [0.29, 0.717) is 10.2 Å². The Labute approximate surface area is 95.8 Å². The quantitative estimate of drug-likeness (QED) is 0.855. The van der Waals surface area contributed by atoms with E-state index in [2.05, 4.69) is 15.9 Å². The smallest absolute Gasteiger partial charge is 0.137 e. The third-order valence-electron chi connectivity index (χ3n) is 1.48. The molecule has 78 valence electrons. The van der Waals surface area contributed by atoms with Gasteiger partial charge in [-0.15, -0.1) is 11.8 Å². The first kappa shape index (κ1) is 12.0. The lowest BCUT2D eigenvalue weighted by Crippen LogP contribution is -2.21. The minimum atomic E-state index is -0.703. The molecule has 0 spiro atoms. The molecule has 0 unspecified atom stereocenters. The first-order valence-electron chi connectivity index (χ1n) is 4.19. The second-order valence-electron chi connectivity index (χ2n) is 3.68. The van der Waals surface area contributed by atoms with Gasteiger partial charge in [0.15, 0.2) is 0 Å². The van der Waals surface area contributed by atoms with Gasteiger partial charge in [0, 0.05) is 10.6 Å². The number of aliphatic hydroxyl groups is 1. The van der Waals surface area contributed by atoms with Gasteiger partial charge >= 0.3 is 0 Å². The molecule has 0 atom stereocenters. The molecule has 0 heterocycles. The highest BCUT2D eigenvalue weighted by Gasteiger charge is 2.13. The van der Waals surface area contributed by atoms with Gasteiger partial charge in [-0.25, -0.2) is 4.39 Å². The maximum Gasteiger partial charge on any atom is 0.137 e. The molecule has 0 amide bonds. The third-order valence-corrected chi connectivity index (χ3v) is 3.53. The van der Waals surface area contributed by atoms with E-state index >= 15 is 0 Å². The van der Waals surface area contributed by atoms with Gasteiger partial charge < -0.3 is 5.11 Å². The number of thioether (sulfide) groups is 1. The summed E-state index contributed by atoms with van der Waals surface area (Å²) in [5, 5.41) is 9.50. The summed E-state index contributed by atoms with van der Waals surface area (Å²) >= 11 is 4.62. The molecule has 1 rings (SSSR count). The Kier molecular flexibility index (Phi) is 3.98. The summed E-state index contributed by atoms with van der Waals surface area (Å²) in [6.07, 6.45) is 0. The minimum absolute atomic E-state index is 0.266. The fraction of sp³-hybridized carbons (Fsp3) is 0.400. The van der Waals surface area contributed by atoms with Crippen molar-refractivity contribution >= 4 is 27.7 Å². The molecule has 0 aliphatic rings. The first-order valence-corrected chi connectivity index (χ1v) is 5.96. The number of halogens is 2. The molecular weight excluding hydrogens is 267 g/mol. The minimum Gasteiger partial charge on any atom is -0.390 e.